The molecule has 2 aromatic heterocycles. The van der Waals surface area contributed by atoms with E-state index in [0.717, 1.165) is 33.0 Å². The maximum atomic E-state index is 9.41. The molecular weight excluding hydrogens is 765 g/mol. The summed E-state index contributed by atoms with van der Waals surface area (Å²) >= 11 is 3.59. The van der Waals surface area contributed by atoms with Crippen molar-refractivity contribution in [2.75, 3.05) is 26.4 Å². The van der Waals surface area contributed by atoms with Crippen molar-refractivity contribution < 1.29 is 19.7 Å². The van der Waals surface area contributed by atoms with Crippen LogP contribution in [0, 0.1) is 0 Å². The second-order valence-electron chi connectivity index (χ2n) is 15.2. The zero-order chi connectivity index (χ0) is 39.5. The van der Waals surface area contributed by atoms with E-state index in [1.54, 1.807) is 22.7 Å². The number of rotatable bonds is 10. The third kappa shape index (κ3) is 5.86. The van der Waals surface area contributed by atoms with E-state index in [4.69, 9.17) is 9.47 Å². The second-order valence-corrected chi connectivity index (χ2v) is 17.0. The lowest BCUT2D eigenvalue weighted by molar-refractivity contribution is 0.201. The number of ether oxygens (including phenoxy) is 2. The zero-order valence-corrected chi connectivity index (χ0v) is 33.7. The Bertz CT molecular complexity index is 3010. The normalized spacial score (nSPS) is 13.0. The minimum absolute atomic E-state index is 0.0320. The van der Waals surface area contributed by atoms with Gasteiger partial charge in [0.05, 0.1) is 18.6 Å². The fraction of sp³-hybridized carbons (Fsp3) is 0.0943. The zero-order valence-electron chi connectivity index (χ0n) is 32.0. The summed E-state index contributed by atoms with van der Waals surface area (Å²) < 4.78 is 14.2. The molecule has 0 saturated carbocycles. The van der Waals surface area contributed by atoms with Gasteiger partial charge in [-0.3, -0.25) is 0 Å². The number of hydrogen-bond donors (Lipinski definition) is 2. The topological polar surface area (TPSA) is 58.9 Å². The van der Waals surface area contributed by atoms with Crippen molar-refractivity contribution >= 4 is 64.4 Å². The Morgan fingerprint density at radius 3 is 1.34 bits per heavy atom. The fourth-order valence-corrected chi connectivity index (χ4v) is 11.2. The van der Waals surface area contributed by atoms with Gasteiger partial charge in [0, 0.05) is 31.3 Å². The average molecular weight is 803 g/mol. The summed E-state index contributed by atoms with van der Waals surface area (Å²) in [6.45, 7) is 0.443. The summed E-state index contributed by atoms with van der Waals surface area (Å²) in [5.74, 6) is 1.48. The Balaban J connectivity index is 1.19. The van der Waals surface area contributed by atoms with Crippen molar-refractivity contribution in [3.05, 3.63) is 191 Å². The smallest absolute Gasteiger partial charge is 0.120 e. The first kappa shape index (κ1) is 35.8. The van der Waals surface area contributed by atoms with E-state index in [0.29, 0.717) is 0 Å². The molecule has 8 aromatic carbocycles. The molecular formula is C53H38O4S2. The number of benzene rings is 8. The predicted octanol–water partition coefficient (Wildman–Crippen LogP) is 12.9. The van der Waals surface area contributed by atoms with Gasteiger partial charge in [-0.2, -0.15) is 0 Å². The van der Waals surface area contributed by atoms with Gasteiger partial charge in [-0.15, -0.1) is 22.7 Å². The lowest BCUT2D eigenvalue weighted by atomic mass is 9.67. The number of aliphatic hydroxyl groups excluding tert-OH is 2. The summed E-state index contributed by atoms with van der Waals surface area (Å²) in [7, 11) is 0. The van der Waals surface area contributed by atoms with E-state index in [2.05, 4.69) is 156 Å². The van der Waals surface area contributed by atoms with Gasteiger partial charge in [0.2, 0.25) is 0 Å². The second kappa shape index (κ2) is 14.5. The largest absolute Gasteiger partial charge is 0.491 e. The van der Waals surface area contributed by atoms with Crippen molar-refractivity contribution in [3.8, 4) is 44.9 Å². The molecule has 286 valence electrons. The molecule has 0 saturated heterocycles. The molecule has 0 unspecified atom stereocenters. The Hall–Kier alpha value is -6.28. The highest BCUT2D eigenvalue weighted by molar-refractivity contribution is 7.18. The molecule has 0 radical (unpaired) electrons. The van der Waals surface area contributed by atoms with Crippen molar-refractivity contribution in [2.45, 2.75) is 5.41 Å². The first-order chi connectivity index (χ1) is 29.1. The quantitative estimate of drug-likeness (QED) is 0.145. The molecule has 11 rings (SSSR count). The Morgan fingerprint density at radius 2 is 0.864 bits per heavy atom. The summed E-state index contributed by atoms with van der Waals surface area (Å²) in [6.07, 6.45) is 0. The molecule has 0 aliphatic heterocycles. The van der Waals surface area contributed by atoms with Crippen LogP contribution in [0.3, 0.4) is 0 Å². The van der Waals surface area contributed by atoms with Crippen LogP contribution in [0.2, 0.25) is 0 Å². The van der Waals surface area contributed by atoms with Crippen LogP contribution < -0.4 is 9.47 Å². The molecule has 0 spiro atoms. The van der Waals surface area contributed by atoms with Crippen LogP contribution in [0.25, 0.3) is 75.1 Å². The molecule has 0 bridgehead atoms. The van der Waals surface area contributed by atoms with E-state index < -0.39 is 5.41 Å². The van der Waals surface area contributed by atoms with Crippen molar-refractivity contribution in [1.82, 2.24) is 0 Å². The van der Waals surface area contributed by atoms with E-state index in [-0.39, 0.29) is 26.4 Å². The van der Waals surface area contributed by atoms with Crippen molar-refractivity contribution in [3.63, 3.8) is 0 Å². The van der Waals surface area contributed by atoms with Gasteiger partial charge in [0.25, 0.3) is 0 Å². The van der Waals surface area contributed by atoms with Crippen LogP contribution >= 0.6 is 22.7 Å². The molecule has 0 atom stereocenters. The van der Waals surface area contributed by atoms with Gasteiger partial charge in [0.1, 0.15) is 24.7 Å². The number of aliphatic hydroxyl groups is 2. The number of hydrogen-bond acceptors (Lipinski definition) is 6. The van der Waals surface area contributed by atoms with E-state index in [1.807, 2.05) is 12.1 Å². The maximum absolute atomic E-state index is 9.41. The summed E-state index contributed by atoms with van der Waals surface area (Å²) in [5, 5.41) is 30.3. The Labute approximate surface area is 349 Å². The summed E-state index contributed by atoms with van der Waals surface area (Å²) in [5.41, 5.74) is 11.6. The highest BCUT2D eigenvalue weighted by Gasteiger charge is 2.46. The number of fused-ring (bicyclic) bond motifs is 7. The van der Waals surface area contributed by atoms with E-state index in [9.17, 15) is 10.2 Å². The van der Waals surface area contributed by atoms with Crippen LogP contribution in [0.1, 0.15) is 22.3 Å². The van der Waals surface area contributed by atoms with Crippen molar-refractivity contribution in [2.24, 2.45) is 0 Å². The molecule has 10 aromatic rings. The van der Waals surface area contributed by atoms with Crippen LogP contribution in [0.15, 0.2) is 168 Å². The van der Waals surface area contributed by atoms with Gasteiger partial charge >= 0.3 is 0 Å². The minimum atomic E-state index is -0.657. The SMILES string of the molecule is OCCOc1ccc2cc(C3(c4ccc5cc(OCCO)ccc5c4)c4ccc(-c5csc6ccccc56)cc4-c4cc(-c5csc6ccccc56)ccc43)ccc2c1. The monoisotopic (exact) mass is 802 g/mol. The third-order valence-electron chi connectivity index (χ3n) is 11.9. The Kier molecular flexibility index (Phi) is 8.82. The summed E-state index contributed by atoms with van der Waals surface area (Å²) in [4.78, 5) is 0. The first-order valence-electron chi connectivity index (χ1n) is 19.9. The molecule has 2 heterocycles. The summed E-state index contributed by atoms with van der Waals surface area (Å²) in [6, 6.07) is 57.6. The lowest BCUT2D eigenvalue weighted by Crippen LogP contribution is -2.28. The van der Waals surface area contributed by atoms with Crippen LogP contribution in [-0.4, -0.2) is 36.6 Å². The van der Waals surface area contributed by atoms with E-state index in [1.165, 1.54) is 75.8 Å². The molecule has 1 aliphatic carbocycles. The van der Waals surface area contributed by atoms with Gasteiger partial charge in [-0.25, -0.2) is 0 Å². The van der Waals surface area contributed by atoms with Gasteiger partial charge < -0.3 is 19.7 Å². The van der Waals surface area contributed by atoms with Gasteiger partial charge in [0.15, 0.2) is 0 Å². The van der Waals surface area contributed by atoms with Crippen LogP contribution in [0.5, 0.6) is 11.5 Å². The molecule has 59 heavy (non-hydrogen) atoms. The molecule has 4 nitrogen and oxygen atoms in total. The Morgan fingerprint density at radius 1 is 0.424 bits per heavy atom. The van der Waals surface area contributed by atoms with Crippen molar-refractivity contribution in [1.29, 1.82) is 0 Å². The van der Waals surface area contributed by atoms with Crippen LogP contribution in [-0.2, 0) is 5.41 Å². The standard InChI is InChI=1S/C53H38O4S2/c54-21-23-56-41-17-11-33-25-39(15-9-35(33)27-41)53(40-16-10-36-28-42(57-24-22-55)18-12-34(36)26-40)49-19-13-37(47-31-58-51-7-3-1-5-43(47)51)29-45(49)46-30-38(14-20-50(46)53)48-32-59-52-8-4-2-6-44(48)52/h1-20,25-32,54-55H,21-24H2. The highest BCUT2D eigenvalue weighted by atomic mass is 32.1. The fourth-order valence-electron chi connectivity index (χ4n) is 9.28. The molecule has 0 fully saturated rings. The average Bonchev–Trinajstić information content (AvgIpc) is 4.00. The molecule has 2 N–H and O–H groups in total. The molecule has 1 aliphatic rings. The molecule has 0 amide bonds. The first-order valence-corrected chi connectivity index (χ1v) is 21.7. The predicted molar refractivity (Wildman–Crippen MR) is 246 cm³/mol. The van der Waals surface area contributed by atoms with Gasteiger partial charge in [-0.05, 0) is 137 Å². The highest BCUT2D eigenvalue weighted by Crippen LogP contribution is 2.58. The number of thiophene rings is 2. The third-order valence-corrected chi connectivity index (χ3v) is 13.9. The minimum Gasteiger partial charge on any atom is -0.491 e. The lowest BCUT2D eigenvalue weighted by Gasteiger charge is -2.34. The van der Waals surface area contributed by atoms with E-state index >= 15 is 0 Å². The van der Waals surface area contributed by atoms with Crippen LogP contribution in [0.4, 0.5) is 0 Å². The molecule has 6 heteroatoms. The maximum Gasteiger partial charge on any atom is 0.120 e. The van der Waals surface area contributed by atoms with Gasteiger partial charge in [-0.1, -0.05) is 97.1 Å².